The van der Waals surface area contributed by atoms with Crippen LogP contribution in [-0.2, 0) is 22.6 Å². The number of likely N-dealkylation sites (N-methyl/N-ethyl adjacent to an activating group) is 1. The number of rotatable bonds is 9. The van der Waals surface area contributed by atoms with E-state index in [4.69, 9.17) is 16.0 Å². The van der Waals surface area contributed by atoms with Crippen molar-refractivity contribution in [3.05, 3.63) is 59.0 Å². The highest BCUT2D eigenvalue weighted by Crippen LogP contribution is 2.35. The van der Waals surface area contributed by atoms with E-state index in [2.05, 4.69) is 35.7 Å². The zero-order valence-electron chi connectivity index (χ0n) is 18.3. The van der Waals surface area contributed by atoms with Gasteiger partial charge in [0.2, 0.25) is 11.8 Å². The molecule has 1 aromatic heterocycles. The van der Waals surface area contributed by atoms with Gasteiger partial charge in [-0.15, -0.1) is 0 Å². The van der Waals surface area contributed by atoms with Crippen molar-refractivity contribution in [3.63, 3.8) is 0 Å². The number of hydrogen-bond donors (Lipinski definition) is 2. The second kappa shape index (κ2) is 10.8. The maximum Gasteiger partial charge on any atom is 0.220 e. The van der Waals surface area contributed by atoms with Crippen LogP contribution in [0.5, 0.6) is 0 Å². The Morgan fingerprint density at radius 3 is 2.52 bits per heavy atom. The molecule has 168 valence electrons. The van der Waals surface area contributed by atoms with Crippen molar-refractivity contribution in [1.29, 1.82) is 0 Å². The Bertz CT molecular complexity index is 859. The van der Waals surface area contributed by atoms with Crippen molar-refractivity contribution in [2.45, 2.75) is 63.1 Å². The quantitative estimate of drug-likeness (QED) is 0.613. The van der Waals surface area contributed by atoms with Crippen molar-refractivity contribution >= 4 is 23.4 Å². The number of amides is 2. The van der Waals surface area contributed by atoms with Crippen molar-refractivity contribution < 1.29 is 14.0 Å². The minimum atomic E-state index is -0.150. The van der Waals surface area contributed by atoms with Crippen molar-refractivity contribution in [2.75, 3.05) is 14.1 Å². The van der Waals surface area contributed by atoms with E-state index >= 15 is 0 Å². The predicted octanol–water partition coefficient (Wildman–Crippen LogP) is 3.93. The van der Waals surface area contributed by atoms with Gasteiger partial charge in [0, 0.05) is 29.4 Å². The zero-order valence-corrected chi connectivity index (χ0v) is 19.1. The summed E-state index contributed by atoms with van der Waals surface area (Å²) in [4.78, 5) is 26.6. The van der Waals surface area contributed by atoms with E-state index in [1.807, 2.05) is 18.2 Å². The summed E-state index contributed by atoms with van der Waals surface area (Å²) in [6, 6.07) is 11.8. The molecule has 0 radical (unpaired) electrons. The lowest BCUT2D eigenvalue weighted by Crippen LogP contribution is -2.52. The van der Waals surface area contributed by atoms with Crippen LogP contribution in [-0.4, -0.2) is 42.4 Å². The molecule has 1 aliphatic carbocycles. The Balaban J connectivity index is 1.42. The second-order valence-electron chi connectivity index (χ2n) is 8.62. The molecule has 1 aromatic carbocycles. The van der Waals surface area contributed by atoms with Crippen LogP contribution in [0.3, 0.4) is 0 Å². The number of hydrogen-bond acceptors (Lipinski definition) is 4. The minimum Gasteiger partial charge on any atom is -0.467 e. The van der Waals surface area contributed by atoms with Crippen LogP contribution >= 0.6 is 11.6 Å². The molecule has 0 aliphatic heterocycles. The van der Waals surface area contributed by atoms with Gasteiger partial charge in [0.25, 0.3) is 0 Å². The fourth-order valence-electron chi connectivity index (χ4n) is 4.32. The molecule has 1 aliphatic rings. The molecule has 1 saturated carbocycles. The van der Waals surface area contributed by atoms with Gasteiger partial charge in [0.1, 0.15) is 5.76 Å². The van der Waals surface area contributed by atoms with Crippen LogP contribution in [0.2, 0.25) is 5.02 Å². The highest BCUT2D eigenvalue weighted by Gasteiger charge is 2.37. The summed E-state index contributed by atoms with van der Waals surface area (Å²) >= 11 is 6.17. The summed E-state index contributed by atoms with van der Waals surface area (Å²) in [7, 11) is 4.26. The Labute approximate surface area is 189 Å². The summed E-state index contributed by atoms with van der Waals surface area (Å²) in [5.41, 5.74) is 1.31. The monoisotopic (exact) mass is 445 g/mol. The van der Waals surface area contributed by atoms with E-state index in [0.717, 1.165) is 37.1 Å². The molecule has 2 amide bonds. The first-order valence-corrected chi connectivity index (χ1v) is 11.2. The summed E-state index contributed by atoms with van der Waals surface area (Å²) in [6.45, 7) is 0.343. The largest absolute Gasteiger partial charge is 0.467 e. The molecular formula is C24H32ClN3O3. The average molecular weight is 446 g/mol. The van der Waals surface area contributed by atoms with Crippen LogP contribution in [0.4, 0.5) is 0 Å². The van der Waals surface area contributed by atoms with Gasteiger partial charge >= 0.3 is 0 Å². The van der Waals surface area contributed by atoms with Crippen LogP contribution in [0, 0.1) is 0 Å². The van der Waals surface area contributed by atoms with Crippen molar-refractivity contribution in [1.82, 2.24) is 15.5 Å². The first-order chi connectivity index (χ1) is 14.9. The highest BCUT2D eigenvalue weighted by atomic mass is 35.5. The Morgan fingerprint density at radius 1 is 1.13 bits per heavy atom. The fourth-order valence-corrected chi connectivity index (χ4v) is 4.54. The molecular weight excluding hydrogens is 414 g/mol. The summed E-state index contributed by atoms with van der Waals surface area (Å²) in [5.74, 6) is 0.482. The Kier molecular flexibility index (Phi) is 8.15. The topological polar surface area (TPSA) is 74.6 Å². The van der Waals surface area contributed by atoms with Gasteiger partial charge in [-0.05, 0) is 76.0 Å². The van der Waals surface area contributed by atoms with E-state index in [1.165, 1.54) is 5.56 Å². The van der Waals surface area contributed by atoms with Crippen molar-refractivity contribution in [3.8, 4) is 0 Å². The third-order valence-corrected chi connectivity index (χ3v) is 6.51. The Morgan fingerprint density at radius 2 is 1.87 bits per heavy atom. The number of halogens is 1. The summed E-state index contributed by atoms with van der Waals surface area (Å²) in [6.07, 6.45) is 6.74. The minimum absolute atomic E-state index is 0.0645. The third kappa shape index (κ3) is 6.84. The van der Waals surface area contributed by atoms with E-state index < -0.39 is 0 Å². The smallest absolute Gasteiger partial charge is 0.220 e. The molecule has 0 saturated heterocycles. The third-order valence-electron chi connectivity index (χ3n) is 6.27. The molecule has 31 heavy (non-hydrogen) atoms. The molecule has 1 fully saturated rings. The maximum atomic E-state index is 12.3. The van der Waals surface area contributed by atoms with Gasteiger partial charge in [-0.2, -0.15) is 0 Å². The van der Waals surface area contributed by atoms with Crippen LogP contribution < -0.4 is 10.6 Å². The van der Waals surface area contributed by atoms with Gasteiger partial charge in [-0.1, -0.05) is 23.7 Å². The predicted molar refractivity (Wildman–Crippen MR) is 122 cm³/mol. The van der Waals surface area contributed by atoms with E-state index in [-0.39, 0.29) is 36.2 Å². The van der Waals surface area contributed by atoms with Crippen LogP contribution in [0.15, 0.2) is 47.1 Å². The average Bonchev–Trinajstić information content (AvgIpc) is 3.26. The maximum absolute atomic E-state index is 12.3. The van der Waals surface area contributed by atoms with Gasteiger partial charge in [0.15, 0.2) is 0 Å². The molecule has 6 nitrogen and oxygen atoms in total. The van der Waals surface area contributed by atoms with Gasteiger partial charge in [0.05, 0.1) is 12.8 Å². The van der Waals surface area contributed by atoms with Gasteiger partial charge < -0.3 is 20.0 Å². The SMILES string of the molecule is CN(C)C1(Cc2cccc(Cl)c2)CCC(NC(=O)CCC(=O)NCc2ccco2)CC1. The second-order valence-corrected chi connectivity index (χ2v) is 9.06. The molecule has 1 heterocycles. The molecule has 2 N–H and O–H groups in total. The van der Waals surface area contributed by atoms with Crippen LogP contribution in [0.1, 0.15) is 49.8 Å². The lowest BCUT2D eigenvalue weighted by atomic mass is 9.75. The molecule has 3 rings (SSSR count). The lowest BCUT2D eigenvalue weighted by Gasteiger charge is -2.45. The molecule has 0 spiro atoms. The zero-order chi connectivity index (χ0) is 22.3. The summed E-state index contributed by atoms with van der Waals surface area (Å²) in [5, 5.41) is 6.65. The summed E-state index contributed by atoms with van der Waals surface area (Å²) < 4.78 is 5.18. The standard InChI is InChI=1S/C24H32ClN3O3/c1-28(2)24(16-18-5-3-6-19(25)15-18)12-10-20(11-13-24)27-23(30)9-8-22(29)26-17-21-7-4-14-31-21/h3-7,14-15,20H,8-13,16-17H2,1-2H3,(H,26,29)(H,27,30). The molecule has 0 unspecified atom stereocenters. The van der Waals surface area contributed by atoms with E-state index in [1.54, 1.807) is 18.4 Å². The first-order valence-electron chi connectivity index (χ1n) is 10.9. The van der Waals surface area contributed by atoms with E-state index in [0.29, 0.717) is 12.3 Å². The first kappa shape index (κ1) is 23.4. The number of benzene rings is 1. The van der Waals surface area contributed by atoms with Crippen LogP contribution in [0.25, 0.3) is 0 Å². The number of nitrogens with one attached hydrogen (secondary N) is 2. The highest BCUT2D eigenvalue weighted by molar-refractivity contribution is 6.30. The normalized spacial score (nSPS) is 21.1. The van der Waals surface area contributed by atoms with Crippen molar-refractivity contribution in [2.24, 2.45) is 0 Å². The number of carbonyl (C=O) groups excluding carboxylic acids is 2. The number of nitrogens with zero attached hydrogens (tertiary/aromatic N) is 1. The molecule has 2 aromatic rings. The van der Waals surface area contributed by atoms with Gasteiger partial charge in [-0.25, -0.2) is 0 Å². The lowest BCUT2D eigenvalue weighted by molar-refractivity contribution is -0.127. The van der Waals surface area contributed by atoms with Gasteiger partial charge in [-0.3, -0.25) is 9.59 Å². The molecule has 0 atom stereocenters. The Hall–Kier alpha value is -2.31. The molecule has 0 bridgehead atoms. The molecule has 7 heteroatoms. The van der Waals surface area contributed by atoms with E-state index in [9.17, 15) is 9.59 Å². The fraction of sp³-hybridized carbons (Fsp3) is 0.500. The number of furan rings is 1. The number of carbonyl (C=O) groups is 2.